The topological polar surface area (TPSA) is 26.3 Å². The third kappa shape index (κ3) is 3.47. The number of halogens is 4. The van der Waals surface area contributed by atoms with Crippen LogP contribution in [0.1, 0.15) is 21.5 Å². The summed E-state index contributed by atoms with van der Waals surface area (Å²) in [5.41, 5.74) is 2.31. The van der Waals surface area contributed by atoms with Gasteiger partial charge in [0.05, 0.1) is 22.6 Å². The molecule has 0 unspecified atom stereocenters. The summed E-state index contributed by atoms with van der Waals surface area (Å²) in [4.78, 5) is 12.8. The molecule has 2 aromatic carbocycles. The van der Waals surface area contributed by atoms with Gasteiger partial charge in [0.1, 0.15) is 11.6 Å². The van der Waals surface area contributed by atoms with Gasteiger partial charge in [-0.15, -0.1) is 0 Å². The number of alkyl halides is 1. The van der Waals surface area contributed by atoms with Gasteiger partial charge in [0.2, 0.25) is 0 Å². The summed E-state index contributed by atoms with van der Waals surface area (Å²) < 4.78 is 19.7. The predicted octanol–water partition coefficient (Wildman–Crippen LogP) is 5.57. The molecule has 0 N–H and O–H groups in total. The van der Waals surface area contributed by atoms with E-state index < -0.39 is 0 Å². The predicted molar refractivity (Wildman–Crippen MR) is 95.2 cm³/mol. The van der Waals surface area contributed by atoms with Crippen molar-refractivity contribution in [1.29, 1.82) is 0 Å². The van der Waals surface area contributed by atoms with Crippen LogP contribution in [0.3, 0.4) is 0 Å². The molecule has 2 nitrogen and oxygen atoms in total. The van der Waals surface area contributed by atoms with Crippen molar-refractivity contribution in [2.24, 2.45) is 5.92 Å². The summed E-state index contributed by atoms with van der Waals surface area (Å²) in [5, 5.41) is 0.986. The van der Waals surface area contributed by atoms with E-state index in [1.54, 1.807) is 6.07 Å². The highest BCUT2D eigenvalue weighted by Crippen LogP contribution is 2.37. The first kappa shape index (κ1) is 16.9. The Balaban J connectivity index is 1.90. The number of rotatable bonds is 3. The first-order chi connectivity index (χ1) is 11.0. The van der Waals surface area contributed by atoms with Crippen molar-refractivity contribution in [3.8, 4) is 5.75 Å². The van der Waals surface area contributed by atoms with Crippen molar-refractivity contribution in [3.63, 3.8) is 0 Å². The molecule has 0 amide bonds. The standard InChI is InChI=1S/C17H12Br2ClFO2/c18-7-9-3-13-16(22)11(8-23-17(13)14(19)4-9)5-10-1-2-12(21)6-15(10)20/h1-4,6,11H,5,7-8H2/t11-/m1/s1. The molecule has 0 fully saturated rings. The zero-order valence-corrected chi connectivity index (χ0v) is 15.8. The fourth-order valence-corrected chi connectivity index (χ4v) is 3.83. The Morgan fingerprint density at radius 1 is 1.30 bits per heavy atom. The van der Waals surface area contributed by atoms with Gasteiger partial charge in [-0.1, -0.05) is 33.6 Å². The Morgan fingerprint density at radius 3 is 2.78 bits per heavy atom. The highest BCUT2D eigenvalue weighted by atomic mass is 79.9. The molecule has 0 saturated carbocycles. The Labute approximate surface area is 155 Å². The number of ether oxygens (including phenoxy) is 1. The lowest BCUT2D eigenvalue weighted by Gasteiger charge is -2.26. The zero-order chi connectivity index (χ0) is 16.6. The van der Waals surface area contributed by atoms with Crippen molar-refractivity contribution in [1.82, 2.24) is 0 Å². The van der Waals surface area contributed by atoms with Gasteiger partial charge in [0.15, 0.2) is 5.78 Å². The second kappa shape index (κ2) is 6.91. The molecule has 0 radical (unpaired) electrons. The van der Waals surface area contributed by atoms with E-state index in [4.69, 9.17) is 16.3 Å². The molecule has 1 heterocycles. The molecular formula is C17H12Br2ClFO2. The minimum absolute atomic E-state index is 0.0233. The van der Waals surface area contributed by atoms with Crippen molar-refractivity contribution in [2.45, 2.75) is 11.8 Å². The van der Waals surface area contributed by atoms with Gasteiger partial charge >= 0.3 is 0 Å². The van der Waals surface area contributed by atoms with E-state index in [-0.39, 0.29) is 24.1 Å². The SMILES string of the molecule is O=C1c2cc(CBr)cc(Br)c2OC[C@H]1Cc1ccc(F)cc1Cl. The first-order valence-corrected chi connectivity index (χ1v) is 9.28. The maximum absolute atomic E-state index is 13.1. The Kier molecular flexibility index (Phi) is 5.09. The second-order valence-corrected chi connectivity index (χ2v) is 7.22. The van der Waals surface area contributed by atoms with Crippen LogP contribution in [0.25, 0.3) is 0 Å². The van der Waals surface area contributed by atoms with Crippen LogP contribution in [0.2, 0.25) is 5.02 Å². The number of ketones is 1. The maximum atomic E-state index is 13.1. The van der Waals surface area contributed by atoms with E-state index in [1.165, 1.54) is 12.1 Å². The van der Waals surface area contributed by atoms with Gasteiger partial charge in [-0.05, 0) is 57.7 Å². The third-order valence-corrected chi connectivity index (χ3v) is 5.39. The molecule has 23 heavy (non-hydrogen) atoms. The molecular weight excluding hydrogens is 450 g/mol. The molecule has 1 aliphatic heterocycles. The van der Waals surface area contributed by atoms with Crippen LogP contribution in [-0.2, 0) is 11.8 Å². The monoisotopic (exact) mass is 460 g/mol. The summed E-state index contributed by atoms with van der Waals surface area (Å²) >= 11 is 12.9. The summed E-state index contributed by atoms with van der Waals surface area (Å²) in [6.45, 7) is 0.284. The number of hydrogen-bond acceptors (Lipinski definition) is 2. The van der Waals surface area contributed by atoms with E-state index in [1.807, 2.05) is 12.1 Å². The van der Waals surface area contributed by atoms with Gasteiger partial charge in [-0.3, -0.25) is 4.79 Å². The van der Waals surface area contributed by atoms with Gasteiger partial charge in [0.25, 0.3) is 0 Å². The van der Waals surface area contributed by atoms with Crippen LogP contribution < -0.4 is 4.74 Å². The quantitative estimate of drug-likeness (QED) is 0.558. The molecule has 2 aromatic rings. The van der Waals surface area contributed by atoms with Crippen LogP contribution in [-0.4, -0.2) is 12.4 Å². The van der Waals surface area contributed by atoms with Crippen molar-refractivity contribution in [2.75, 3.05) is 6.61 Å². The highest BCUT2D eigenvalue weighted by molar-refractivity contribution is 9.10. The van der Waals surface area contributed by atoms with Crippen LogP contribution in [0.5, 0.6) is 5.75 Å². The van der Waals surface area contributed by atoms with Gasteiger partial charge < -0.3 is 4.74 Å². The number of benzene rings is 2. The Hall–Kier alpha value is -0.910. The van der Waals surface area contributed by atoms with Crippen LogP contribution in [0.4, 0.5) is 4.39 Å². The van der Waals surface area contributed by atoms with E-state index >= 15 is 0 Å². The fraction of sp³-hybridized carbons (Fsp3) is 0.235. The zero-order valence-electron chi connectivity index (χ0n) is 11.9. The third-order valence-electron chi connectivity index (χ3n) is 3.80. The molecule has 0 saturated heterocycles. The minimum atomic E-state index is -0.388. The van der Waals surface area contributed by atoms with E-state index in [0.717, 1.165) is 15.6 Å². The molecule has 6 heteroatoms. The molecule has 0 bridgehead atoms. The number of carbonyl (C=O) groups is 1. The highest BCUT2D eigenvalue weighted by Gasteiger charge is 2.31. The maximum Gasteiger partial charge on any atom is 0.173 e. The molecule has 120 valence electrons. The van der Waals surface area contributed by atoms with E-state index in [0.29, 0.717) is 28.1 Å². The van der Waals surface area contributed by atoms with E-state index in [2.05, 4.69) is 31.9 Å². The largest absolute Gasteiger partial charge is 0.491 e. The van der Waals surface area contributed by atoms with Crippen molar-refractivity contribution < 1.29 is 13.9 Å². The van der Waals surface area contributed by atoms with Crippen LogP contribution in [0, 0.1) is 11.7 Å². The molecule has 1 aliphatic rings. The number of carbonyl (C=O) groups excluding carboxylic acids is 1. The smallest absolute Gasteiger partial charge is 0.173 e. The molecule has 3 rings (SSSR count). The first-order valence-electron chi connectivity index (χ1n) is 6.99. The Bertz CT molecular complexity index is 779. The lowest BCUT2D eigenvalue weighted by molar-refractivity contribution is 0.0829. The minimum Gasteiger partial charge on any atom is -0.491 e. The molecule has 0 aliphatic carbocycles. The van der Waals surface area contributed by atoms with Gasteiger partial charge in [-0.2, -0.15) is 0 Å². The normalized spacial score (nSPS) is 16.9. The summed E-state index contributed by atoms with van der Waals surface area (Å²) in [6, 6.07) is 8.00. The lowest BCUT2D eigenvalue weighted by atomic mass is 9.89. The summed E-state index contributed by atoms with van der Waals surface area (Å²) in [5.74, 6) is -0.111. The van der Waals surface area contributed by atoms with E-state index in [9.17, 15) is 9.18 Å². The number of fused-ring (bicyclic) bond motifs is 1. The molecule has 0 spiro atoms. The molecule has 0 aromatic heterocycles. The lowest BCUT2D eigenvalue weighted by Crippen LogP contribution is -2.30. The fourth-order valence-electron chi connectivity index (χ4n) is 2.64. The average molecular weight is 463 g/mol. The van der Waals surface area contributed by atoms with Crippen molar-refractivity contribution in [3.05, 3.63) is 62.3 Å². The Morgan fingerprint density at radius 2 is 2.09 bits per heavy atom. The second-order valence-electron chi connectivity index (χ2n) is 5.40. The molecule has 1 atom stereocenters. The number of Topliss-reactive ketones (excluding diaryl/α,β-unsaturated/α-hetero) is 1. The van der Waals surface area contributed by atoms with Gasteiger partial charge in [-0.25, -0.2) is 4.39 Å². The average Bonchev–Trinajstić information content (AvgIpc) is 2.52. The summed E-state index contributed by atoms with van der Waals surface area (Å²) in [7, 11) is 0. The van der Waals surface area contributed by atoms with Crippen molar-refractivity contribution >= 4 is 49.2 Å². The van der Waals surface area contributed by atoms with Crippen LogP contribution >= 0.6 is 43.5 Å². The van der Waals surface area contributed by atoms with Gasteiger partial charge in [0, 0.05) is 10.4 Å². The van der Waals surface area contributed by atoms with Crippen LogP contribution in [0.15, 0.2) is 34.8 Å². The summed E-state index contributed by atoms with van der Waals surface area (Å²) in [6.07, 6.45) is 0.424. The number of hydrogen-bond donors (Lipinski definition) is 0.